The van der Waals surface area contributed by atoms with Gasteiger partial charge in [-0.05, 0) is 99.7 Å². The van der Waals surface area contributed by atoms with Gasteiger partial charge in [0.05, 0.1) is 40.4 Å². The molecule has 5 fully saturated rings. The quantitative estimate of drug-likeness (QED) is 0.0703. The lowest BCUT2D eigenvalue weighted by molar-refractivity contribution is -0.121. The van der Waals surface area contributed by atoms with Gasteiger partial charge in [0.25, 0.3) is 11.8 Å². The predicted molar refractivity (Wildman–Crippen MR) is 267 cm³/mol. The highest BCUT2D eigenvalue weighted by molar-refractivity contribution is 6.22. The van der Waals surface area contributed by atoms with Gasteiger partial charge in [0.2, 0.25) is 5.91 Å². The van der Waals surface area contributed by atoms with Gasteiger partial charge in [0.15, 0.2) is 5.82 Å². The topological polar surface area (TPSA) is 177 Å². The normalized spacial score (nSPS) is 21.4. The van der Waals surface area contributed by atoms with Crippen LogP contribution in [-0.4, -0.2) is 156 Å². The Kier molecular flexibility index (Phi) is 12.9. The highest BCUT2D eigenvalue weighted by Gasteiger charge is 2.46. The largest absolute Gasteiger partial charge is 0.508 e. The van der Waals surface area contributed by atoms with Gasteiger partial charge in [-0.3, -0.25) is 29.2 Å². The zero-order valence-corrected chi connectivity index (χ0v) is 40.6. The van der Waals surface area contributed by atoms with Crippen LogP contribution in [0.1, 0.15) is 77.6 Å². The number of amides is 3. The van der Waals surface area contributed by atoms with E-state index in [4.69, 9.17) is 16.1 Å². The standard InChI is InChI=1S/C54H57F3N10O6/c1-3-37-42(55)8-4-32-20-36(69)21-40(46(32)37)48-47(57)49-41(24-59-48)50(66-26-33-5-6-34(27-66)60-33)62-53(61-49)73-30-54(12-13-54)29-64-14-10-31(11-15-64)25-63-16-18-65(19-17-63)44-23-39-38(22-43(44)56)51(71)67(52(39)72)35(28-68)7-9-45(70)58-2/h1,4,8,20-24,28,31,33-35,60,69H,5-7,9-19,25-27,29-30H2,2H3,(H,58,70). The first-order chi connectivity index (χ1) is 35.3. The van der Waals surface area contributed by atoms with E-state index in [-0.39, 0.29) is 92.5 Å². The summed E-state index contributed by atoms with van der Waals surface area (Å²) >= 11 is 0. The van der Waals surface area contributed by atoms with E-state index < -0.39 is 35.3 Å². The van der Waals surface area contributed by atoms with Crippen LogP contribution in [0, 0.1) is 41.1 Å². The first-order valence-electron chi connectivity index (χ1n) is 25.3. The van der Waals surface area contributed by atoms with Gasteiger partial charge in [0.1, 0.15) is 40.7 Å². The number of anilines is 2. The molecule has 1 aliphatic carbocycles. The number of aromatic nitrogens is 3. The van der Waals surface area contributed by atoms with Crippen LogP contribution in [0.5, 0.6) is 11.8 Å². The van der Waals surface area contributed by atoms with Crippen LogP contribution in [0.3, 0.4) is 0 Å². The van der Waals surface area contributed by atoms with E-state index in [1.807, 2.05) is 4.90 Å². The molecule has 3 unspecified atom stereocenters. The van der Waals surface area contributed by atoms with Crippen LogP contribution < -0.4 is 25.2 Å². The molecule has 7 heterocycles. The van der Waals surface area contributed by atoms with Crippen molar-refractivity contribution in [3.63, 3.8) is 0 Å². The molecular weight excluding hydrogens is 942 g/mol. The number of piperidine rings is 1. The number of rotatable bonds is 15. The predicted octanol–water partition coefficient (Wildman–Crippen LogP) is 5.27. The molecule has 2 bridgehead atoms. The van der Waals surface area contributed by atoms with Crippen molar-refractivity contribution in [2.45, 2.75) is 69.5 Å². The van der Waals surface area contributed by atoms with Gasteiger partial charge in [-0.25, -0.2) is 13.2 Å². The maximum atomic E-state index is 17.1. The number of hydrogen-bond donors (Lipinski definition) is 3. The van der Waals surface area contributed by atoms with Crippen LogP contribution in [0.2, 0.25) is 0 Å². The van der Waals surface area contributed by atoms with E-state index in [2.05, 4.69) is 41.2 Å². The van der Waals surface area contributed by atoms with E-state index in [0.717, 1.165) is 75.7 Å². The Morgan fingerprint density at radius 2 is 1.66 bits per heavy atom. The molecule has 5 aromatic rings. The third-order valence-electron chi connectivity index (χ3n) is 16.0. The lowest BCUT2D eigenvalue weighted by Crippen LogP contribution is -2.51. The van der Waals surface area contributed by atoms with E-state index in [0.29, 0.717) is 74.7 Å². The summed E-state index contributed by atoms with van der Waals surface area (Å²) in [7, 11) is 1.46. The minimum absolute atomic E-state index is 0.0121. The molecular formula is C54H57F3N10O6. The molecule has 0 radical (unpaired) electrons. The summed E-state index contributed by atoms with van der Waals surface area (Å²) in [6.07, 6.45) is 13.8. The fourth-order valence-electron chi connectivity index (χ4n) is 11.8. The van der Waals surface area contributed by atoms with Crippen molar-refractivity contribution < 1.29 is 42.2 Å². The second kappa shape index (κ2) is 19.5. The number of terminal acetylenes is 1. The molecule has 1 saturated carbocycles. The summed E-state index contributed by atoms with van der Waals surface area (Å²) in [6, 6.07) is 7.49. The SMILES string of the molecule is C#Cc1c(F)ccc2cc(O)cc(-c3ncc4c(N5CC6CCC(C5)N6)nc(OCC5(CN6CCC(CN7CCN(c8cc9c(cc8F)C(=O)N(C(C=O)CCC(=O)NC)C9=O)CC7)CC6)CC5)nc4c3F)c12. The van der Waals surface area contributed by atoms with Gasteiger partial charge in [-0.15, -0.1) is 6.42 Å². The maximum absolute atomic E-state index is 17.1. The Morgan fingerprint density at radius 1 is 0.932 bits per heavy atom. The Labute approximate surface area is 420 Å². The summed E-state index contributed by atoms with van der Waals surface area (Å²) in [5.74, 6) is -0.461. The molecule has 19 heteroatoms. The van der Waals surface area contributed by atoms with Crippen molar-refractivity contribution in [3.05, 3.63) is 76.7 Å². The van der Waals surface area contributed by atoms with Crippen molar-refractivity contribution in [2.75, 3.05) is 88.9 Å². The Balaban J connectivity index is 0.724. The molecule has 4 saturated heterocycles. The third kappa shape index (κ3) is 9.29. The summed E-state index contributed by atoms with van der Waals surface area (Å²) in [5, 5.41) is 17.9. The summed E-state index contributed by atoms with van der Waals surface area (Å²) in [5.41, 5.74) is 0.0941. The lowest BCUT2D eigenvalue weighted by Gasteiger charge is -2.40. The zero-order valence-electron chi connectivity index (χ0n) is 40.6. The molecule has 3 aromatic carbocycles. The average Bonchev–Trinajstić information content (AvgIpc) is 4.02. The maximum Gasteiger partial charge on any atom is 0.319 e. The van der Waals surface area contributed by atoms with Crippen LogP contribution >= 0.6 is 0 Å². The average molecular weight is 999 g/mol. The molecule has 5 aliphatic heterocycles. The van der Waals surface area contributed by atoms with Crippen molar-refractivity contribution in [1.29, 1.82) is 0 Å². The van der Waals surface area contributed by atoms with Crippen molar-refractivity contribution in [3.8, 4) is 35.4 Å². The number of aldehydes is 1. The van der Waals surface area contributed by atoms with Crippen LogP contribution in [-0.2, 0) is 9.59 Å². The third-order valence-corrected chi connectivity index (χ3v) is 16.0. The number of nitrogens with one attached hydrogen (secondary N) is 2. The van der Waals surface area contributed by atoms with Gasteiger partial charge in [-0.2, -0.15) is 9.97 Å². The van der Waals surface area contributed by atoms with Gasteiger partial charge in [-0.1, -0.05) is 12.0 Å². The number of aromatic hydroxyl groups is 1. The monoisotopic (exact) mass is 998 g/mol. The number of benzene rings is 3. The molecule has 380 valence electrons. The first kappa shape index (κ1) is 48.4. The molecule has 0 spiro atoms. The number of nitrogens with zero attached hydrogens (tertiary/aromatic N) is 8. The number of imide groups is 1. The molecule has 16 nitrogen and oxygen atoms in total. The number of phenolic OH excluding ortho intramolecular Hbond substituents is 1. The van der Waals surface area contributed by atoms with Gasteiger partial charge >= 0.3 is 6.01 Å². The smallest absolute Gasteiger partial charge is 0.319 e. The van der Waals surface area contributed by atoms with Crippen LogP contribution in [0.15, 0.2) is 42.6 Å². The number of piperazine rings is 2. The molecule has 3 N–H and O–H groups in total. The number of likely N-dealkylation sites (tertiary alicyclic amines) is 1. The molecule has 11 rings (SSSR count). The number of hydrogen-bond acceptors (Lipinski definition) is 14. The lowest BCUT2D eigenvalue weighted by atomic mass is 9.94. The minimum Gasteiger partial charge on any atom is -0.508 e. The van der Waals surface area contributed by atoms with Gasteiger partial charge < -0.3 is 40.0 Å². The van der Waals surface area contributed by atoms with Crippen molar-refractivity contribution in [2.24, 2.45) is 11.3 Å². The summed E-state index contributed by atoms with van der Waals surface area (Å²) in [4.78, 5) is 74.3. The fourth-order valence-corrected chi connectivity index (χ4v) is 11.8. The molecule has 73 heavy (non-hydrogen) atoms. The fraction of sp³-hybridized carbons (Fsp3) is 0.463. The van der Waals surface area contributed by atoms with E-state index >= 15 is 13.2 Å². The second-order valence-corrected chi connectivity index (χ2v) is 20.8. The van der Waals surface area contributed by atoms with E-state index in [9.17, 15) is 24.3 Å². The Hall–Kier alpha value is -6.88. The number of pyridine rings is 1. The number of carbonyl (C=O) groups is 4. The first-order valence-corrected chi connectivity index (χ1v) is 25.3. The second-order valence-electron chi connectivity index (χ2n) is 20.8. The van der Waals surface area contributed by atoms with Crippen molar-refractivity contribution >= 4 is 57.2 Å². The highest BCUT2D eigenvalue weighted by atomic mass is 19.1. The van der Waals surface area contributed by atoms with Crippen LogP contribution in [0.4, 0.5) is 24.7 Å². The van der Waals surface area contributed by atoms with Crippen molar-refractivity contribution in [1.82, 2.24) is 40.3 Å². The zero-order chi connectivity index (χ0) is 50.7. The molecule has 3 atom stereocenters. The van der Waals surface area contributed by atoms with E-state index in [1.54, 1.807) is 6.20 Å². The molecule has 3 amide bonds. The number of halogens is 3. The summed E-state index contributed by atoms with van der Waals surface area (Å²) in [6.45, 7) is 7.86. The number of carbonyl (C=O) groups excluding carboxylic acids is 4. The molecule has 2 aromatic heterocycles. The molecule has 6 aliphatic rings. The minimum atomic E-state index is -1.14. The number of phenols is 1. The van der Waals surface area contributed by atoms with Gasteiger partial charge in [0, 0.05) is 100 Å². The Morgan fingerprint density at radius 3 is 2.34 bits per heavy atom. The Bertz CT molecular complexity index is 3080. The van der Waals surface area contributed by atoms with E-state index in [1.165, 1.54) is 37.4 Å². The van der Waals surface area contributed by atoms with Crippen LogP contribution in [0.25, 0.3) is 32.9 Å². The number of ether oxygens (including phenoxy) is 1. The summed E-state index contributed by atoms with van der Waals surface area (Å²) < 4.78 is 54.3. The number of fused-ring (bicyclic) bond motifs is 5. The highest BCUT2D eigenvalue weighted by Crippen LogP contribution is 2.47.